The zero-order chi connectivity index (χ0) is 21.0. The highest BCUT2D eigenvalue weighted by atomic mass is 32.2. The van der Waals surface area contributed by atoms with E-state index in [-0.39, 0.29) is 22.6 Å². The van der Waals surface area contributed by atoms with Crippen LogP contribution in [0.3, 0.4) is 0 Å². The Morgan fingerprint density at radius 3 is 2.66 bits per heavy atom. The first-order chi connectivity index (χ1) is 13.9. The van der Waals surface area contributed by atoms with Gasteiger partial charge in [-0.25, -0.2) is 24.0 Å². The maximum absolute atomic E-state index is 12.5. The predicted molar refractivity (Wildman–Crippen MR) is 110 cm³/mol. The van der Waals surface area contributed by atoms with E-state index in [1.54, 1.807) is 18.2 Å². The van der Waals surface area contributed by atoms with Crippen LogP contribution in [0.5, 0.6) is 5.75 Å². The number of nitrogens with one attached hydrogen (secondary N) is 4. The van der Waals surface area contributed by atoms with Gasteiger partial charge >= 0.3 is 0 Å². The summed E-state index contributed by atoms with van der Waals surface area (Å²) < 4.78 is 32.0. The number of hydrogen-bond acceptors (Lipinski definition) is 6. The first-order valence-electron chi connectivity index (χ1n) is 9.30. The number of ether oxygens (including phenoxy) is 1. The van der Waals surface area contributed by atoms with Crippen molar-refractivity contribution in [2.45, 2.75) is 36.9 Å². The standard InChI is InChI=1S/C20H26N4O4S/c1-13-6-4-5-7-15(13)12-22-20(25)17-11-16(23-24-17)14-8-9-18(28-3)19(10-14)29(26,27)21-2/h4-10,16-17,21,23-24H,11-12H2,1-3H3,(H,22,25). The van der Waals surface area contributed by atoms with Gasteiger partial charge in [0, 0.05) is 12.6 Å². The monoisotopic (exact) mass is 418 g/mol. The van der Waals surface area contributed by atoms with E-state index in [0.717, 1.165) is 16.7 Å². The summed E-state index contributed by atoms with van der Waals surface area (Å²) in [6.45, 7) is 2.47. The Morgan fingerprint density at radius 1 is 1.21 bits per heavy atom. The Kier molecular flexibility index (Phi) is 6.53. The van der Waals surface area contributed by atoms with Crippen molar-refractivity contribution < 1.29 is 17.9 Å². The second kappa shape index (κ2) is 8.91. The van der Waals surface area contributed by atoms with E-state index < -0.39 is 16.1 Å². The van der Waals surface area contributed by atoms with Gasteiger partial charge in [-0.2, -0.15) is 0 Å². The summed E-state index contributed by atoms with van der Waals surface area (Å²) in [6, 6.07) is 12.3. The van der Waals surface area contributed by atoms with Crippen LogP contribution in [-0.4, -0.2) is 34.5 Å². The molecule has 8 nitrogen and oxygen atoms in total. The lowest BCUT2D eigenvalue weighted by Gasteiger charge is -2.14. The first-order valence-corrected chi connectivity index (χ1v) is 10.8. The molecule has 1 heterocycles. The van der Waals surface area contributed by atoms with Gasteiger partial charge in [-0.3, -0.25) is 4.79 Å². The van der Waals surface area contributed by atoms with E-state index in [0.29, 0.717) is 13.0 Å². The summed E-state index contributed by atoms with van der Waals surface area (Å²) in [6.07, 6.45) is 0.491. The number of benzene rings is 2. The fraction of sp³-hybridized carbons (Fsp3) is 0.350. The number of hydrogen-bond donors (Lipinski definition) is 4. The minimum absolute atomic E-state index is 0.0641. The summed E-state index contributed by atoms with van der Waals surface area (Å²) >= 11 is 0. The van der Waals surface area contributed by atoms with Crippen LogP contribution in [0.1, 0.15) is 29.2 Å². The van der Waals surface area contributed by atoms with Crippen molar-refractivity contribution in [3.63, 3.8) is 0 Å². The van der Waals surface area contributed by atoms with E-state index in [1.165, 1.54) is 14.2 Å². The second-order valence-electron chi connectivity index (χ2n) is 6.89. The van der Waals surface area contributed by atoms with Crippen LogP contribution >= 0.6 is 0 Å². The van der Waals surface area contributed by atoms with Gasteiger partial charge in [0.05, 0.1) is 7.11 Å². The van der Waals surface area contributed by atoms with Gasteiger partial charge < -0.3 is 10.1 Å². The summed E-state index contributed by atoms with van der Waals surface area (Å²) in [5.74, 6) is 0.154. The Bertz CT molecular complexity index is 994. The summed E-state index contributed by atoms with van der Waals surface area (Å²) in [5, 5.41) is 2.95. The lowest BCUT2D eigenvalue weighted by atomic mass is 10.0. The van der Waals surface area contributed by atoms with Gasteiger partial charge in [-0.05, 0) is 49.2 Å². The van der Waals surface area contributed by atoms with Gasteiger partial charge in [0.25, 0.3) is 0 Å². The largest absolute Gasteiger partial charge is 0.495 e. The molecule has 3 rings (SSSR count). The van der Waals surface area contributed by atoms with E-state index in [1.807, 2.05) is 31.2 Å². The lowest BCUT2D eigenvalue weighted by Crippen LogP contribution is -2.42. The molecule has 2 aromatic rings. The van der Waals surface area contributed by atoms with Crippen molar-refractivity contribution in [3.8, 4) is 5.75 Å². The van der Waals surface area contributed by atoms with Crippen molar-refractivity contribution in [2.75, 3.05) is 14.2 Å². The van der Waals surface area contributed by atoms with Crippen molar-refractivity contribution in [3.05, 3.63) is 59.2 Å². The molecular weight excluding hydrogens is 392 g/mol. The summed E-state index contributed by atoms with van der Waals surface area (Å²) in [7, 11) is -0.891. The van der Waals surface area contributed by atoms with Gasteiger partial charge in [-0.15, -0.1) is 0 Å². The van der Waals surface area contributed by atoms with Crippen LogP contribution in [-0.2, 0) is 21.4 Å². The molecule has 9 heteroatoms. The highest BCUT2D eigenvalue weighted by Crippen LogP contribution is 2.30. The average Bonchev–Trinajstić information content (AvgIpc) is 3.23. The van der Waals surface area contributed by atoms with Crippen molar-refractivity contribution in [2.24, 2.45) is 0 Å². The third-order valence-corrected chi connectivity index (χ3v) is 6.52. The molecule has 29 heavy (non-hydrogen) atoms. The van der Waals surface area contributed by atoms with E-state index >= 15 is 0 Å². The number of carbonyl (C=O) groups excluding carboxylic acids is 1. The van der Waals surface area contributed by atoms with Crippen molar-refractivity contribution in [1.29, 1.82) is 0 Å². The van der Waals surface area contributed by atoms with Crippen LogP contribution in [0, 0.1) is 6.92 Å². The normalized spacial score (nSPS) is 19.1. The van der Waals surface area contributed by atoms with Gasteiger partial charge in [0.15, 0.2) is 0 Å². The van der Waals surface area contributed by atoms with Crippen molar-refractivity contribution in [1.82, 2.24) is 20.9 Å². The number of rotatable bonds is 7. The molecular formula is C20H26N4O4S. The first kappa shape index (κ1) is 21.3. The fourth-order valence-corrected chi connectivity index (χ4v) is 4.22. The molecule has 4 N–H and O–H groups in total. The number of hydrazine groups is 1. The number of carbonyl (C=O) groups is 1. The molecule has 2 unspecified atom stereocenters. The number of sulfonamides is 1. The Labute approximate surface area is 171 Å². The molecule has 0 spiro atoms. The Balaban J connectivity index is 1.68. The topological polar surface area (TPSA) is 109 Å². The van der Waals surface area contributed by atoms with Gasteiger partial charge in [0.2, 0.25) is 15.9 Å². The SMILES string of the molecule is CNS(=O)(=O)c1cc(C2CC(C(=O)NCc3ccccc3C)NN2)ccc1OC. The molecule has 1 aliphatic rings. The van der Waals surface area contributed by atoms with E-state index in [2.05, 4.69) is 20.9 Å². The molecule has 1 amide bonds. The quantitative estimate of drug-likeness (QED) is 0.537. The van der Waals surface area contributed by atoms with Gasteiger partial charge in [-0.1, -0.05) is 30.3 Å². The third kappa shape index (κ3) is 4.76. The maximum atomic E-state index is 12.5. The van der Waals surface area contributed by atoms with Crippen LogP contribution in [0.4, 0.5) is 0 Å². The molecule has 0 aromatic heterocycles. The van der Waals surface area contributed by atoms with Crippen LogP contribution in [0.2, 0.25) is 0 Å². The van der Waals surface area contributed by atoms with Crippen LogP contribution < -0.4 is 25.6 Å². The Morgan fingerprint density at radius 2 is 1.97 bits per heavy atom. The summed E-state index contributed by atoms with van der Waals surface area (Å²) in [5.41, 5.74) is 9.02. The molecule has 1 fully saturated rings. The van der Waals surface area contributed by atoms with Crippen LogP contribution in [0.25, 0.3) is 0 Å². The second-order valence-corrected chi connectivity index (χ2v) is 8.75. The minimum atomic E-state index is -3.67. The molecule has 2 atom stereocenters. The fourth-order valence-electron chi connectivity index (χ4n) is 3.29. The molecule has 0 aliphatic carbocycles. The van der Waals surface area contributed by atoms with E-state index in [9.17, 15) is 13.2 Å². The minimum Gasteiger partial charge on any atom is -0.495 e. The molecule has 0 saturated carbocycles. The zero-order valence-electron chi connectivity index (χ0n) is 16.7. The van der Waals surface area contributed by atoms with Gasteiger partial charge in [0.1, 0.15) is 16.7 Å². The lowest BCUT2D eigenvalue weighted by molar-refractivity contribution is -0.123. The molecule has 0 bridgehead atoms. The molecule has 1 saturated heterocycles. The molecule has 156 valence electrons. The number of methoxy groups -OCH3 is 1. The summed E-state index contributed by atoms with van der Waals surface area (Å²) in [4.78, 5) is 12.6. The molecule has 0 radical (unpaired) electrons. The highest BCUT2D eigenvalue weighted by Gasteiger charge is 2.31. The Hall–Kier alpha value is -2.46. The molecule has 1 aliphatic heterocycles. The number of aryl methyl sites for hydroxylation is 1. The average molecular weight is 419 g/mol. The molecule has 2 aromatic carbocycles. The zero-order valence-corrected chi connectivity index (χ0v) is 17.5. The van der Waals surface area contributed by atoms with Crippen molar-refractivity contribution >= 4 is 15.9 Å². The van der Waals surface area contributed by atoms with E-state index in [4.69, 9.17) is 4.74 Å². The highest BCUT2D eigenvalue weighted by molar-refractivity contribution is 7.89. The maximum Gasteiger partial charge on any atom is 0.244 e. The number of amides is 1. The third-order valence-electron chi connectivity index (χ3n) is 5.08. The smallest absolute Gasteiger partial charge is 0.244 e. The van der Waals surface area contributed by atoms with Crippen LogP contribution in [0.15, 0.2) is 47.4 Å². The predicted octanol–water partition coefficient (Wildman–Crippen LogP) is 1.14.